The summed E-state index contributed by atoms with van der Waals surface area (Å²) in [5, 5.41) is 3.20. The van der Waals surface area contributed by atoms with Gasteiger partial charge in [0, 0.05) is 29.6 Å². The van der Waals surface area contributed by atoms with Crippen molar-refractivity contribution in [2.75, 3.05) is 10.8 Å². The van der Waals surface area contributed by atoms with Crippen molar-refractivity contribution < 1.29 is 22.4 Å². The first kappa shape index (κ1) is 32.7. The third-order valence-electron chi connectivity index (χ3n) is 7.12. The summed E-state index contributed by atoms with van der Waals surface area (Å²) in [6, 6.07) is 26.4. The number of hydrogen-bond acceptors (Lipinski definition) is 4. The number of benzene rings is 4. The Balaban J connectivity index is 1.84. The number of hydrogen-bond donors (Lipinski definition) is 1. The third kappa shape index (κ3) is 7.84. The van der Waals surface area contributed by atoms with Crippen LogP contribution in [0.15, 0.2) is 108 Å². The van der Waals surface area contributed by atoms with Crippen LogP contribution in [0.4, 0.5) is 10.1 Å². The van der Waals surface area contributed by atoms with Crippen molar-refractivity contribution in [3.63, 3.8) is 0 Å². The second-order valence-electron chi connectivity index (χ2n) is 10.7. The molecule has 0 saturated carbocycles. The summed E-state index contributed by atoms with van der Waals surface area (Å²) >= 11 is 6.40. The molecule has 230 valence electrons. The van der Waals surface area contributed by atoms with Gasteiger partial charge in [-0.2, -0.15) is 0 Å². The summed E-state index contributed by atoms with van der Waals surface area (Å²) in [5.41, 5.74) is 1.64. The van der Waals surface area contributed by atoms with Gasteiger partial charge >= 0.3 is 0 Å². The molecule has 4 aromatic carbocycles. The fraction of sp³-hybridized carbons (Fsp3) is 0.235. The first-order valence-corrected chi connectivity index (χ1v) is 16.0. The summed E-state index contributed by atoms with van der Waals surface area (Å²) in [4.78, 5) is 29.4. The van der Waals surface area contributed by atoms with E-state index >= 15 is 0 Å². The first-order valence-electron chi connectivity index (χ1n) is 14.2. The van der Waals surface area contributed by atoms with Crippen molar-refractivity contribution in [3.8, 4) is 0 Å². The lowest BCUT2D eigenvalue weighted by atomic mass is 10.0. The van der Waals surface area contributed by atoms with E-state index in [4.69, 9.17) is 11.6 Å². The summed E-state index contributed by atoms with van der Waals surface area (Å²) in [7, 11) is -4.27. The topological polar surface area (TPSA) is 86.8 Å². The van der Waals surface area contributed by atoms with Crippen LogP contribution in [0.1, 0.15) is 30.5 Å². The van der Waals surface area contributed by atoms with E-state index in [1.54, 1.807) is 63.2 Å². The Bertz CT molecular complexity index is 1700. The predicted molar refractivity (Wildman–Crippen MR) is 171 cm³/mol. The van der Waals surface area contributed by atoms with E-state index in [9.17, 15) is 22.4 Å². The molecule has 0 bridgehead atoms. The Morgan fingerprint density at radius 3 is 2.11 bits per heavy atom. The fourth-order valence-corrected chi connectivity index (χ4v) is 6.51. The van der Waals surface area contributed by atoms with Crippen LogP contribution < -0.4 is 9.62 Å². The molecule has 10 heteroatoms. The largest absolute Gasteiger partial charge is 0.352 e. The van der Waals surface area contributed by atoms with E-state index in [1.807, 2.05) is 30.3 Å². The molecule has 0 aliphatic carbocycles. The molecule has 4 aromatic rings. The quantitative estimate of drug-likeness (QED) is 0.202. The molecule has 0 radical (unpaired) electrons. The lowest BCUT2D eigenvalue weighted by molar-refractivity contribution is -0.140. The van der Waals surface area contributed by atoms with Crippen LogP contribution in [0.2, 0.25) is 5.02 Å². The van der Waals surface area contributed by atoms with Gasteiger partial charge in [-0.05, 0) is 62.2 Å². The zero-order valence-corrected chi connectivity index (χ0v) is 26.4. The van der Waals surface area contributed by atoms with Gasteiger partial charge in [0.2, 0.25) is 11.8 Å². The number of halogens is 2. The normalized spacial score (nSPS) is 12.0. The molecule has 1 N–H and O–H groups in total. The average Bonchev–Trinajstić information content (AvgIpc) is 3.00. The highest BCUT2D eigenvalue weighted by Gasteiger charge is 2.35. The number of amides is 2. The highest BCUT2D eigenvalue weighted by Crippen LogP contribution is 2.31. The van der Waals surface area contributed by atoms with E-state index in [1.165, 1.54) is 35.2 Å². The Morgan fingerprint density at radius 2 is 1.48 bits per heavy atom. The van der Waals surface area contributed by atoms with Crippen LogP contribution in [-0.4, -0.2) is 43.8 Å². The maximum Gasteiger partial charge on any atom is 0.264 e. The van der Waals surface area contributed by atoms with Crippen LogP contribution in [0, 0.1) is 12.7 Å². The number of sulfonamides is 1. The zero-order valence-electron chi connectivity index (χ0n) is 24.8. The predicted octanol–water partition coefficient (Wildman–Crippen LogP) is 6.15. The van der Waals surface area contributed by atoms with Gasteiger partial charge in [-0.25, -0.2) is 12.8 Å². The Labute approximate surface area is 263 Å². The minimum atomic E-state index is -4.27. The molecular formula is C34H35ClFN3O4S. The highest BCUT2D eigenvalue weighted by molar-refractivity contribution is 7.92. The molecule has 0 aliphatic heterocycles. The van der Waals surface area contributed by atoms with E-state index in [0.29, 0.717) is 10.6 Å². The number of anilines is 1. The average molecular weight is 636 g/mol. The fourth-order valence-electron chi connectivity index (χ4n) is 4.84. The SMILES string of the molecule is Cc1c(Cl)cccc1N(CC(=O)N(Cc1ccccc1F)[C@@H](Cc1ccccc1)C(=O)NC(C)C)S(=O)(=O)c1ccccc1. The van der Waals surface area contributed by atoms with Crippen molar-refractivity contribution >= 4 is 39.1 Å². The summed E-state index contributed by atoms with van der Waals surface area (Å²) in [6.45, 7) is 4.35. The van der Waals surface area contributed by atoms with Crippen LogP contribution >= 0.6 is 11.6 Å². The molecule has 0 fully saturated rings. The second-order valence-corrected chi connectivity index (χ2v) is 13.0. The molecule has 1 atom stereocenters. The minimum Gasteiger partial charge on any atom is -0.352 e. The molecular weight excluding hydrogens is 601 g/mol. The first-order chi connectivity index (χ1) is 21.0. The molecule has 7 nitrogen and oxygen atoms in total. The van der Waals surface area contributed by atoms with Crippen LogP contribution in [0.5, 0.6) is 0 Å². The molecule has 0 aliphatic rings. The van der Waals surface area contributed by atoms with Crippen LogP contribution in [-0.2, 0) is 32.6 Å². The lowest BCUT2D eigenvalue weighted by Crippen LogP contribution is -2.54. The Hall–Kier alpha value is -4.21. The highest BCUT2D eigenvalue weighted by atomic mass is 35.5. The lowest BCUT2D eigenvalue weighted by Gasteiger charge is -2.34. The second kappa shape index (κ2) is 14.5. The minimum absolute atomic E-state index is 0.0220. The van der Waals surface area contributed by atoms with Crippen molar-refractivity contribution in [3.05, 3.63) is 131 Å². The molecule has 4 rings (SSSR count). The van der Waals surface area contributed by atoms with E-state index in [-0.39, 0.29) is 35.2 Å². The van der Waals surface area contributed by atoms with E-state index < -0.39 is 40.2 Å². The number of nitrogens with one attached hydrogen (secondary N) is 1. The maximum absolute atomic E-state index is 15.0. The number of carbonyl (C=O) groups is 2. The van der Waals surface area contributed by atoms with Gasteiger partial charge in [-0.15, -0.1) is 0 Å². The zero-order chi connectivity index (χ0) is 31.9. The Morgan fingerprint density at radius 1 is 0.864 bits per heavy atom. The van der Waals surface area contributed by atoms with Gasteiger partial charge < -0.3 is 10.2 Å². The summed E-state index contributed by atoms with van der Waals surface area (Å²) in [5.74, 6) is -1.68. The molecule has 0 saturated heterocycles. The molecule has 0 unspecified atom stereocenters. The van der Waals surface area contributed by atoms with Crippen molar-refractivity contribution in [2.24, 2.45) is 0 Å². The van der Waals surface area contributed by atoms with Crippen molar-refractivity contribution in [1.29, 1.82) is 0 Å². The third-order valence-corrected chi connectivity index (χ3v) is 9.30. The van der Waals surface area contributed by atoms with Crippen molar-refractivity contribution in [1.82, 2.24) is 10.2 Å². The van der Waals surface area contributed by atoms with Gasteiger partial charge in [0.25, 0.3) is 10.0 Å². The molecule has 44 heavy (non-hydrogen) atoms. The number of rotatable bonds is 12. The number of carbonyl (C=O) groups excluding carboxylic acids is 2. The van der Waals surface area contributed by atoms with Gasteiger partial charge in [-0.3, -0.25) is 13.9 Å². The van der Waals surface area contributed by atoms with Crippen molar-refractivity contribution in [2.45, 2.75) is 50.7 Å². The molecule has 2 amide bonds. The maximum atomic E-state index is 15.0. The van der Waals surface area contributed by atoms with Crippen LogP contribution in [0.3, 0.4) is 0 Å². The van der Waals surface area contributed by atoms with E-state index in [2.05, 4.69) is 5.32 Å². The molecule has 0 spiro atoms. The van der Waals surface area contributed by atoms with E-state index in [0.717, 1.165) is 9.87 Å². The monoisotopic (exact) mass is 635 g/mol. The summed E-state index contributed by atoms with van der Waals surface area (Å²) in [6.07, 6.45) is 0.126. The van der Waals surface area contributed by atoms with Gasteiger partial charge in [-0.1, -0.05) is 84.4 Å². The summed E-state index contributed by atoms with van der Waals surface area (Å²) < 4.78 is 44.2. The van der Waals surface area contributed by atoms with Crippen LogP contribution in [0.25, 0.3) is 0 Å². The smallest absolute Gasteiger partial charge is 0.264 e. The standard InChI is InChI=1S/C34H35ClFN3O4S/c1-24(2)37-34(41)32(21-26-13-6-4-7-14-26)38(22-27-15-10-11-19-30(27)36)33(40)23-39(31-20-12-18-29(35)25(31)3)44(42,43)28-16-8-5-9-17-28/h4-20,24,32H,21-23H2,1-3H3,(H,37,41)/t32-/m0/s1. The molecule has 0 aromatic heterocycles. The number of nitrogens with zero attached hydrogens (tertiary/aromatic N) is 2. The Kier molecular flexibility index (Phi) is 10.8. The van der Waals surface area contributed by atoms with Gasteiger partial charge in [0.05, 0.1) is 10.6 Å². The van der Waals surface area contributed by atoms with Gasteiger partial charge in [0.15, 0.2) is 0 Å². The van der Waals surface area contributed by atoms with Gasteiger partial charge in [0.1, 0.15) is 18.4 Å². The molecule has 0 heterocycles.